The third-order valence-electron chi connectivity index (χ3n) is 15.5. The summed E-state index contributed by atoms with van der Waals surface area (Å²) in [5.41, 5.74) is 23.5. The molecule has 3 aliphatic rings. The van der Waals surface area contributed by atoms with E-state index in [1.165, 1.54) is 0 Å². The van der Waals surface area contributed by atoms with Crippen LogP contribution < -0.4 is 15.0 Å². The molecule has 0 N–H and O–H groups in total. The SMILES string of the molecule is C(#Cc1ccc(C#Cc2ccc(C(=C3C=CC=N3)c3ccc[n-]3)cc2)cc1)c1ccccc1.C(#Cc1ccc(C#Cc2ccc(C(=C3C=CC=N3)c3ccc[n-]3)cc2)cc1)c1ccccc1.C(#Cc1ccc(C#Cc2ccc(C(=C3C=CC=N3)c3ccc[n-]3)cc2)cc1)c1ccccc1.[Fe+3]. The van der Waals surface area contributed by atoms with Crippen LogP contribution in [-0.4, -0.2) is 18.6 Å². The van der Waals surface area contributed by atoms with E-state index in [2.05, 4.69) is 137 Å². The molecule has 0 unspecified atom stereocenters. The summed E-state index contributed by atoms with van der Waals surface area (Å²) < 4.78 is 0. The van der Waals surface area contributed by atoms with Gasteiger partial charge in [0.15, 0.2) is 0 Å². The summed E-state index contributed by atoms with van der Waals surface area (Å²) >= 11 is 0. The van der Waals surface area contributed by atoms with Crippen LogP contribution >= 0.6 is 0 Å². The minimum atomic E-state index is 0. The Kier molecular flexibility index (Phi) is 22.5. The fourth-order valence-electron chi connectivity index (χ4n) is 10.5. The van der Waals surface area contributed by atoms with Gasteiger partial charge in [-0.2, -0.15) is 18.6 Å². The van der Waals surface area contributed by atoms with Crippen LogP contribution in [0.3, 0.4) is 0 Å². The Morgan fingerprint density at radius 3 is 0.570 bits per heavy atom. The molecule has 0 bridgehead atoms. The summed E-state index contributed by atoms with van der Waals surface area (Å²) in [7, 11) is 0. The largest absolute Gasteiger partial charge is 3.00 e. The molecule has 3 aliphatic heterocycles. The summed E-state index contributed by atoms with van der Waals surface area (Å²) in [6.07, 6.45) is 22.7. The van der Waals surface area contributed by atoms with E-state index >= 15 is 0 Å². The first-order valence-corrected chi connectivity index (χ1v) is 32.0. The van der Waals surface area contributed by atoms with Gasteiger partial charge < -0.3 is 15.0 Å². The number of aliphatic imine (C=N–C) groups is 3. The zero-order valence-electron chi connectivity index (χ0n) is 53.9. The molecule has 0 spiro atoms. The van der Waals surface area contributed by atoms with Crippen molar-refractivity contribution in [1.29, 1.82) is 0 Å². The molecule has 100 heavy (non-hydrogen) atoms. The van der Waals surface area contributed by atoms with E-state index in [0.29, 0.717) is 0 Å². The van der Waals surface area contributed by atoms with E-state index in [9.17, 15) is 0 Å². The monoisotopic (exact) mass is 1310 g/mol. The van der Waals surface area contributed by atoms with Gasteiger partial charge in [-0.3, -0.25) is 15.0 Å². The molecule has 3 aromatic heterocycles. The molecule has 0 amide bonds. The van der Waals surface area contributed by atoms with Gasteiger partial charge in [-0.1, -0.05) is 198 Å². The maximum absolute atomic E-state index is 4.47. The summed E-state index contributed by atoms with van der Waals surface area (Å²) in [6, 6.07) is 90.5. The van der Waals surface area contributed by atoms with Crippen LogP contribution in [0.2, 0.25) is 0 Å². The van der Waals surface area contributed by atoms with Crippen molar-refractivity contribution in [2.45, 2.75) is 0 Å². The Morgan fingerprint density at radius 2 is 0.400 bits per heavy atom. The number of benzene rings is 9. The van der Waals surface area contributed by atoms with Crippen molar-refractivity contribution in [1.82, 2.24) is 15.0 Å². The normalized spacial score (nSPS) is 13.0. The summed E-state index contributed by atoms with van der Waals surface area (Å²) in [4.78, 5) is 26.8. The minimum Gasteiger partial charge on any atom is -0.664 e. The molecule has 1 radical (unpaired) electrons. The van der Waals surface area contributed by atoms with Crippen molar-refractivity contribution in [2.75, 3.05) is 0 Å². The molecule has 0 saturated carbocycles. The van der Waals surface area contributed by atoms with Gasteiger partial charge in [0.25, 0.3) is 0 Å². The minimum absolute atomic E-state index is 0. The van der Waals surface area contributed by atoms with Crippen LogP contribution in [0.4, 0.5) is 0 Å². The third-order valence-corrected chi connectivity index (χ3v) is 15.5. The Bertz CT molecular complexity index is 4900. The molecule has 12 aromatic rings. The predicted molar refractivity (Wildman–Crippen MR) is 404 cm³/mol. The number of nitrogens with zero attached hydrogens (tertiary/aromatic N) is 6. The first kappa shape index (κ1) is 66.2. The molecular formula is C93H57FeN6. The maximum atomic E-state index is 4.47. The van der Waals surface area contributed by atoms with Crippen LogP contribution in [0.25, 0.3) is 16.7 Å². The van der Waals surface area contributed by atoms with E-state index in [4.69, 9.17) is 0 Å². The molecule has 6 heterocycles. The molecular weight excluding hydrogens is 1260 g/mol. The van der Waals surface area contributed by atoms with Crippen LogP contribution in [0.5, 0.6) is 0 Å². The molecule has 6 nitrogen and oxygen atoms in total. The van der Waals surface area contributed by atoms with E-state index in [0.717, 1.165) is 134 Å². The fraction of sp³-hybridized carbons (Fsp3) is 0. The quantitative estimate of drug-likeness (QED) is 0.123. The van der Waals surface area contributed by atoms with Gasteiger partial charge >= 0.3 is 17.1 Å². The number of allylic oxidation sites excluding steroid dienone is 6. The van der Waals surface area contributed by atoms with E-state index in [-0.39, 0.29) is 17.1 Å². The Labute approximate surface area is 595 Å². The summed E-state index contributed by atoms with van der Waals surface area (Å²) in [5, 5.41) is 0. The van der Waals surface area contributed by atoms with Gasteiger partial charge in [0, 0.05) is 85.4 Å². The van der Waals surface area contributed by atoms with Crippen molar-refractivity contribution < 1.29 is 17.1 Å². The summed E-state index contributed by atoms with van der Waals surface area (Å²) in [6.45, 7) is 0. The second-order valence-corrected chi connectivity index (χ2v) is 22.3. The van der Waals surface area contributed by atoms with Crippen molar-refractivity contribution >= 4 is 35.4 Å². The Morgan fingerprint density at radius 1 is 0.210 bits per heavy atom. The van der Waals surface area contributed by atoms with Crippen molar-refractivity contribution in [3.8, 4) is 71.0 Å². The standard InChI is InChI=1S/3C31H19N2.Fe/c3*1-2-6-24(7-3-1)10-11-25-12-14-26(15-13-25)16-17-27-18-20-28(21-19-27)31(29-8-4-22-32-29)30-9-5-23-33-30;/h3*1-9,12-15,18-23H;/q3*-1;+3. The molecule has 467 valence electrons. The number of aromatic nitrogens is 3. The van der Waals surface area contributed by atoms with Crippen LogP contribution in [0.1, 0.15) is 101 Å². The Hall–Kier alpha value is -13.9. The second kappa shape index (κ2) is 34.0. The average molecular weight is 1310 g/mol. The van der Waals surface area contributed by atoms with Gasteiger partial charge in [0.2, 0.25) is 0 Å². The molecule has 0 aliphatic carbocycles. The molecule has 0 atom stereocenters. The second-order valence-electron chi connectivity index (χ2n) is 22.3. The third kappa shape index (κ3) is 18.3. The van der Waals surface area contributed by atoms with Crippen LogP contribution in [0.15, 0.2) is 360 Å². The summed E-state index contributed by atoms with van der Waals surface area (Å²) in [5.74, 6) is 38.6. The van der Waals surface area contributed by atoms with Crippen molar-refractivity contribution in [3.05, 3.63) is 446 Å². The van der Waals surface area contributed by atoms with Gasteiger partial charge in [-0.05, 0) is 215 Å². The number of hydrogen-bond acceptors (Lipinski definition) is 3. The van der Waals surface area contributed by atoms with E-state index in [1.54, 1.807) is 37.2 Å². The topological polar surface area (TPSA) is 79.4 Å². The number of rotatable bonds is 6. The van der Waals surface area contributed by atoms with Crippen molar-refractivity contribution in [2.24, 2.45) is 15.0 Å². The van der Waals surface area contributed by atoms with Crippen molar-refractivity contribution in [3.63, 3.8) is 0 Å². The predicted octanol–water partition coefficient (Wildman–Crippen LogP) is 17.5. The fourth-order valence-corrected chi connectivity index (χ4v) is 10.5. The molecule has 9 aromatic carbocycles. The van der Waals surface area contributed by atoms with Gasteiger partial charge in [0.05, 0.1) is 17.1 Å². The smallest absolute Gasteiger partial charge is 0.664 e. The van der Waals surface area contributed by atoms with Gasteiger partial charge in [0.1, 0.15) is 0 Å². The average Bonchev–Trinajstić information content (AvgIpc) is 1.61. The zero-order valence-corrected chi connectivity index (χ0v) is 55.0. The molecule has 0 saturated heterocycles. The molecule has 0 fully saturated rings. The van der Waals surface area contributed by atoms with E-state index < -0.39 is 0 Å². The molecule has 15 rings (SSSR count). The van der Waals surface area contributed by atoms with Gasteiger partial charge in [-0.15, -0.1) is 17.1 Å². The van der Waals surface area contributed by atoms with E-state index in [1.807, 2.05) is 273 Å². The molecule has 7 heteroatoms. The first-order valence-electron chi connectivity index (χ1n) is 32.0. The number of hydrogen-bond donors (Lipinski definition) is 0. The van der Waals surface area contributed by atoms with Crippen LogP contribution in [0, 0.1) is 71.0 Å². The van der Waals surface area contributed by atoms with Gasteiger partial charge in [-0.25, -0.2) is 0 Å². The Balaban J connectivity index is 0.000000141. The maximum Gasteiger partial charge on any atom is 3.00 e. The zero-order chi connectivity index (χ0) is 66.9. The first-order chi connectivity index (χ1) is 49.0. The van der Waals surface area contributed by atoms with Crippen LogP contribution in [-0.2, 0) is 17.1 Å².